The number of hydrogen-bond acceptors (Lipinski definition) is 2. The zero-order valence-corrected chi connectivity index (χ0v) is 9.98. The van der Waals surface area contributed by atoms with Gasteiger partial charge in [-0.25, -0.2) is 4.98 Å². The van der Waals surface area contributed by atoms with E-state index >= 15 is 0 Å². The fraction of sp³-hybridized carbons (Fsp3) is 0.357. The minimum absolute atomic E-state index is 0.669. The van der Waals surface area contributed by atoms with Gasteiger partial charge in [0, 0.05) is 11.7 Å². The van der Waals surface area contributed by atoms with Crippen LogP contribution >= 0.6 is 0 Å². The molecular weight excluding hydrogens is 210 g/mol. The molecule has 17 heavy (non-hydrogen) atoms. The van der Waals surface area contributed by atoms with Crippen LogP contribution in [-0.2, 0) is 0 Å². The van der Waals surface area contributed by atoms with Crippen LogP contribution in [0.1, 0.15) is 19.8 Å². The molecule has 1 fully saturated rings. The minimum Gasteiger partial charge on any atom is -0.382 e. The first-order chi connectivity index (χ1) is 8.31. The number of anilines is 1. The van der Waals surface area contributed by atoms with Crippen molar-refractivity contribution in [1.29, 1.82) is 0 Å². The van der Waals surface area contributed by atoms with Gasteiger partial charge in [-0.3, -0.25) is 0 Å². The Morgan fingerprint density at radius 3 is 2.59 bits per heavy atom. The van der Waals surface area contributed by atoms with Crippen molar-refractivity contribution in [2.24, 2.45) is 5.92 Å². The van der Waals surface area contributed by atoms with Gasteiger partial charge in [-0.1, -0.05) is 19.1 Å². The molecule has 0 saturated heterocycles. The molecular formula is C14H17N3. The third kappa shape index (κ3) is 2.18. The van der Waals surface area contributed by atoms with Crippen LogP contribution in [0.15, 0.2) is 36.8 Å². The van der Waals surface area contributed by atoms with Crippen molar-refractivity contribution in [1.82, 2.24) is 9.97 Å². The summed E-state index contributed by atoms with van der Waals surface area (Å²) in [6.45, 7) is 2.31. The number of nitrogens with zero attached hydrogens (tertiary/aromatic N) is 1. The monoisotopic (exact) mass is 227 g/mol. The van der Waals surface area contributed by atoms with E-state index in [4.69, 9.17) is 0 Å². The number of benzene rings is 1. The fourth-order valence-corrected chi connectivity index (χ4v) is 2.42. The fourth-order valence-electron chi connectivity index (χ4n) is 2.42. The van der Waals surface area contributed by atoms with Crippen LogP contribution < -0.4 is 5.32 Å². The standard InChI is InChI=1S/C14H17N3/c1-10-6-13(7-10)17-12-4-2-11(3-5-12)14-8-15-9-16-14/h2-5,8-10,13,17H,6-7H2,1H3,(H,15,16). The Bertz CT molecular complexity index is 467. The summed E-state index contributed by atoms with van der Waals surface area (Å²) in [5.74, 6) is 0.886. The summed E-state index contributed by atoms with van der Waals surface area (Å²) in [7, 11) is 0. The summed E-state index contributed by atoms with van der Waals surface area (Å²) in [4.78, 5) is 7.14. The molecule has 0 atom stereocenters. The van der Waals surface area contributed by atoms with E-state index in [1.165, 1.54) is 24.1 Å². The Morgan fingerprint density at radius 1 is 1.24 bits per heavy atom. The van der Waals surface area contributed by atoms with E-state index in [0.29, 0.717) is 6.04 Å². The van der Waals surface area contributed by atoms with E-state index in [1.807, 2.05) is 6.20 Å². The van der Waals surface area contributed by atoms with Gasteiger partial charge in [0.15, 0.2) is 0 Å². The van der Waals surface area contributed by atoms with Crippen molar-refractivity contribution >= 4 is 5.69 Å². The molecule has 3 nitrogen and oxygen atoms in total. The highest BCUT2D eigenvalue weighted by molar-refractivity contribution is 5.62. The smallest absolute Gasteiger partial charge is 0.0924 e. The Balaban J connectivity index is 1.68. The highest BCUT2D eigenvalue weighted by atomic mass is 14.9. The van der Waals surface area contributed by atoms with Crippen molar-refractivity contribution < 1.29 is 0 Å². The van der Waals surface area contributed by atoms with Gasteiger partial charge in [-0.15, -0.1) is 0 Å². The van der Waals surface area contributed by atoms with Crippen molar-refractivity contribution in [3.05, 3.63) is 36.8 Å². The number of aromatic amines is 1. The number of nitrogens with one attached hydrogen (secondary N) is 2. The minimum atomic E-state index is 0.669. The van der Waals surface area contributed by atoms with Crippen LogP contribution in [-0.4, -0.2) is 16.0 Å². The van der Waals surface area contributed by atoms with Gasteiger partial charge in [0.05, 0.1) is 18.2 Å². The molecule has 1 heterocycles. The molecule has 3 rings (SSSR count). The van der Waals surface area contributed by atoms with E-state index in [0.717, 1.165) is 11.6 Å². The van der Waals surface area contributed by atoms with Gasteiger partial charge in [-0.05, 0) is 36.5 Å². The molecule has 2 aromatic rings. The molecule has 2 N–H and O–H groups in total. The molecule has 1 aromatic heterocycles. The summed E-state index contributed by atoms with van der Waals surface area (Å²) in [5.41, 5.74) is 3.45. The van der Waals surface area contributed by atoms with E-state index in [-0.39, 0.29) is 0 Å². The van der Waals surface area contributed by atoms with Crippen molar-refractivity contribution in [2.75, 3.05) is 5.32 Å². The Kier molecular flexibility index (Phi) is 2.59. The van der Waals surface area contributed by atoms with Gasteiger partial charge in [0.2, 0.25) is 0 Å². The average molecular weight is 227 g/mol. The summed E-state index contributed by atoms with van der Waals surface area (Å²) >= 11 is 0. The third-order valence-corrected chi connectivity index (χ3v) is 3.44. The summed E-state index contributed by atoms with van der Waals surface area (Å²) in [6.07, 6.45) is 6.14. The SMILES string of the molecule is CC1CC(Nc2ccc(-c3cnc[nH]3)cc2)C1. The van der Waals surface area contributed by atoms with Crippen molar-refractivity contribution in [3.8, 4) is 11.3 Å². The van der Waals surface area contributed by atoms with Gasteiger partial charge in [-0.2, -0.15) is 0 Å². The highest BCUT2D eigenvalue weighted by Gasteiger charge is 2.24. The highest BCUT2D eigenvalue weighted by Crippen LogP contribution is 2.29. The van der Waals surface area contributed by atoms with E-state index in [9.17, 15) is 0 Å². The Hall–Kier alpha value is -1.77. The molecule has 0 unspecified atom stereocenters. The molecule has 3 heteroatoms. The zero-order chi connectivity index (χ0) is 11.7. The summed E-state index contributed by atoms with van der Waals surface area (Å²) in [6, 6.07) is 9.19. The maximum Gasteiger partial charge on any atom is 0.0924 e. The molecule has 0 radical (unpaired) electrons. The first kappa shape index (κ1) is 10.4. The van der Waals surface area contributed by atoms with Gasteiger partial charge in [0.25, 0.3) is 0 Å². The van der Waals surface area contributed by atoms with Crippen molar-refractivity contribution in [3.63, 3.8) is 0 Å². The molecule has 0 spiro atoms. The topological polar surface area (TPSA) is 40.7 Å². The number of rotatable bonds is 3. The third-order valence-electron chi connectivity index (χ3n) is 3.44. The molecule has 1 aliphatic rings. The van der Waals surface area contributed by atoms with Gasteiger partial charge < -0.3 is 10.3 Å². The molecule has 88 valence electrons. The average Bonchev–Trinajstić information content (AvgIpc) is 2.81. The first-order valence-corrected chi connectivity index (χ1v) is 6.16. The second-order valence-electron chi connectivity index (χ2n) is 4.96. The quantitative estimate of drug-likeness (QED) is 0.844. The van der Waals surface area contributed by atoms with Gasteiger partial charge >= 0.3 is 0 Å². The largest absolute Gasteiger partial charge is 0.382 e. The lowest BCUT2D eigenvalue weighted by Gasteiger charge is -2.34. The maximum atomic E-state index is 4.03. The first-order valence-electron chi connectivity index (χ1n) is 6.16. The predicted octanol–water partition coefficient (Wildman–Crippen LogP) is 3.29. The lowest BCUT2D eigenvalue weighted by atomic mass is 9.82. The second-order valence-corrected chi connectivity index (χ2v) is 4.96. The molecule has 1 saturated carbocycles. The van der Waals surface area contributed by atoms with E-state index in [1.54, 1.807) is 6.33 Å². The lowest BCUT2D eigenvalue weighted by Crippen LogP contribution is -2.33. The van der Waals surface area contributed by atoms with E-state index < -0.39 is 0 Å². The zero-order valence-electron chi connectivity index (χ0n) is 9.98. The second kappa shape index (κ2) is 4.24. The van der Waals surface area contributed by atoms with E-state index in [2.05, 4.69) is 46.5 Å². The molecule has 0 aliphatic heterocycles. The predicted molar refractivity (Wildman–Crippen MR) is 69.8 cm³/mol. The van der Waals surface area contributed by atoms with Crippen LogP contribution in [0.2, 0.25) is 0 Å². The molecule has 0 amide bonds. The summed E-state index contributed by atoms with van der Waals surface area (Å²) in [5, 5.41) is 3.56. The van der Waals surface area contributed by atoms with Crippen LogP contribution in [0.4, 0.5) is 5.69 Å². The number of imidazole rings is 1. The molecule has 1 aliphatic carbocycles. The van der Waals surface area contributed by atoms with Gasteiger partial charge in [0.1, 0.15) is 0 Å². The summed E-state index contributed by atoms with van der Waals surface area (Å²) < 4.78 is 0. The number of H-pyrrole nitrogens is 1. The lowest BCUT2D eigenvalue weighted by molar-refractivity contribution is 0.309. The molecule has 0 bridgehead atoms. The maximum absolute atomic E-state index is 4.03. The van der Waals surface area contributed by atoms with Crippen molar-refractivity contribution in [2.45, 2.75) is 25.8 Å². The van der Waals surface area contributed by atoms with Crippen LogP contribution in [0.5, 0.6) is 0 Å². The van der Waals surface area contributed by atoms with Crippen LogP contribution in [0, 0.1) is 5.92 Å². The Labute approximate surface area is 101 Å². The Morgan fingerprint density at radius 2 is 2.00 bits per heavy atom. The molecule has 1 aromatic carbocycles. The number of hydrogen-bond donors (Lipinski definition) is 2. The normalized spacial score (nSPS) is 23.1. The van der Waals surface area contributed by atoms with Crippen LogP contribution in [0.25, 0.3) is 11.3 Å². The number of aromatic nitrogens is 2. The van der Waals surface area contributed by atoms with Crippen LogP contribution in [0.3, 0.4) is 0 Å².